The van der Waals surface area contributed by atoms with Crippen molar-refractivity contribution in [1.82, 2.24) is 5.32 Å². The Morgan fingerprint density at radius 2 is 2.17 bits per heavy atom. The van der Waals surface area contributed by atoms with E-state index in [9.17, 15) is 9.90 Å². The largest absolute Gasteiger partial charge is 0.493 e. The van der Waals surface area contributed by atoms with Crippen molar-refractivity contribution in [3.05, 3.63) is 23.3 Å². The lowest BCUT2D eigenvalue weighted by Gasteiger charge is -2.16. The molecule has 0 aromatic heterocycles. The van der Waals surface area contributed by atoms with E-state index in [-0.39, 0.29) is 17.4 Å². The molecular weight excluding hydrogens is 234 g/mol. The van der Waals surface area contributed by atoms with Gasteiger partial charge >= 0.3 is 5.97 Å². The highest BCUT2D eigenvalue weighted by Crippen LogP contribution is 2.36. The number of carbonyl (C=O) groups is 1. The molecule has 1 heterocycles. The summed E-state index contributed by atoms with van der Waals surface area (Å²) in [4.78, 5) is 11.3. The van der Waals surface area contributed by atoms with Gasteiger partial charge in [-0.15, -0.1) is 0 Å². The highest BCUT2D eigenvalue weighted by Gasteiger charge is 2.23. The normalized spacial score (nSPS) is 18.7. The zero-order valence-corrected chi connectivity index (χ0v) is 10.5. The van der Waals surface area contributed by atoms with Gasteiger partial charge in [0.15, 0.2) is 11.5 Å². The lowest BCUT2D eigenvalue weighted by atomic mass is 10.0. The minimum Gasteiger partial charge on any atom is -0.493 e. The van der Waals surface area contributed by atoms with E-state index >= 15 is 0 Å². The summed E-state index contributed by atoms with van der Waals surface area (Å²) in [6.45, 7) is 0.960. The molecule has 1 unspecified atom stereocenters. The van der Waals surface area contributed by atoms with Crippen molar-refractivity contribution in [3.8, 4) is 11.5 Å². The molecule has 0 aliphatic carbocycles. The molecular formula is C13H17NO4. The molecule has 98 valence electrons. The van der Waals surface area contributed by atoms with Crippen LogP contribution in [-0.2, 0) is 0 Å². The maximum Gasteiger partial charge on any atom is 0.339 e. The number of carboxylic acid groups (broad SMARTS) is 1. The molecule has 1 aliphatic heterocycles. The number of methoxy groups -OCH3 is 2. The first-order valence-electron chi connectivity index (χ1n) is 5.90. The van der Waals surface area contributed by atoms with Crippen LogP contribution in [0.15, 0.2) is 12.1 Å². The van der Waals surface area contributed by atoms with E-state index in [4.69, 9.17) is 9.47 Å². The SMILES string of the molecule is COc1cc(C2CCCN2)cc(C(=O)O)c1OC. The zero-order chi connectivity index (χ0) is 13.1. The van der Waals surface area contributed by atoms with E-state index in [2.05, 4.69) is 5.32 Å². The van der Waals surface area contributed by atoms with Crippen LogP contribution in [0.2, 0.25) is 0 Å². The Kier molecular flexibility index (Phi) is 3.72. The average molecular weight is 251 g/mol. The minimum atomic E-state index is -1.01. The summed E-state index contributed by atoms with van der Waals surface area (Å²) in [7, 11) is 2.95. The second-order valence-corrected chi connectivity index (χ2v) is 4.26. The van der Waals surface area contributed by atoms with Crippen molar-refractivity contribution in [2.75, 3.05) is 20.8 Å². The van der Waals surface area contributed by atoms with Gasteiger partial charge in [0.1, 0.15) is 5.56 Å². The van der Waals surface area contributed by atoms with Gasteiger partial charge in [-0.25, -0.2) is 4.79 Å². The molecule has 5 heteroatoms. The first-order valence-corrected chi connectivity index (χ1v) is 5.90. The van der Waals surface area contributed by atoms with Crippen LogP contribution in [0.5, 0.6) is 11.5 Å². The molecule has 1 fully saturated rings. The molecule has 0 radical (unpaired) electrons. The Morgan fingerprint density at radius 3 is 2.67 bits per heavy atom. The lowest BCUT2D eigenvalue weighted by Crippen LogP contribution is -2.14. The highest BCUT2D eigenvalue weighted by atomic mass is 16.5. The van der Waals surface area contributed by atoms with Crippen LogP contribution >= 0.6 is 0 Å². The summed E-state index contributed by atoms with van der Waals surface area (Å²) in [5.41, 5.74) is 1.07. The molecule has 5 nitrogen and oxygen atoms in total. The maximum atomic E-state index is 11.3. The van der Waals surface area contributed by atoms with Crippen LogP contribution in [0.1, 0.15) is 34.8 Å². The highest BCUT2D eigenvalue weighted by molar-refractivity contribution is 5.92. The molecule has 1 saturated heterocycles. The van der Waals surface area contributed by atoms with E-state index < -0.39 is 5.97 Å². The van der Waals surface area contributed by atoms with Gasteiger partial charge in [0.05, 0.1) is 14.2 Å². The molecule has 2 rings (SSSR count). The van der Waals surface area contributed by atoms with Crippen LogP contribution in [0, 0.1) is 0 Å². The molecule has 0 spiro atoms. The molecule has 1 atom stereocenters. The Labute approximate surface area is 106 Å². The lowest BCUT2D eigenvalue weighted by molar-refractivity contribution is 0.0692. The Morgan fingerprint density at radius 1 is 1.39 bits per heavy atom. The van der Waals surface area contributed by atoms with Crippen LogP contribution in [-0.4, -0.2) is 31.8 Å². The first-order chi connectivity index (χ1) is 8.67. The van der Waals surface area contributed by atoms with Gasteiger partial charge in [-0.3, -0.25) is 0 Å². The predicted molar refractivity (Wildman–Crippen MR) is 66.5 cm³/mol. The van der Waals surface area contributed by atoms with Crippen molar-refractivity contribution >= 4 is 5.97 Å². The topological polar surface area (TPSA) is 67.8 Å². The van der Waals surface area contributed by atoms with Gasteiger partial charge in [-0.1, -0.05) is 0 Å². The van der Waals surface area contributed by atoms with Gasteiger partial charge in [-0.05, 0) is 37.1 Å². The van der Waals surface area contributed by atoms with Gasteiger partial charge in [0.2, 0.25) is 0 Å². The fourth-order valence-electron chi connectivity index (χ4n) is 2.31. The number of nitrogens with one attached hydrogen (secondary N) is 1. The van der Waals surface area contributed by atoms with Crippen molar-refractivity contribution in [2.24, 2.45) is 0 Å². The molecule has 2 N–H and O–H groups in total. The van der Waals surface area contributed by atoms with E-state index in [0.29, 0.717) is 5.75 Å². The summed E-state index contributed by atoms with van der Waals surface area (Å²) in [5, 5.41) is 12.6. The Bertz CT molecular complexity index is 453. The number of hydrogen-bond donors (Lipinski definition) is 2. The molecule has 1 aliphatic rings. The molecule has 0 bridgehead atoms. The summed E-state index contributed by atoms with van der Waals surface area (Å²) in [6, 6.07) is 3.70. The number of rotatable bonds is 4. The quantitative estimate of drug-likeness (QED) is 0.854. The number of aromatic carboxylic acids is 1. The summed E-state index contributed by atoms with van der Waals surface area (Å²) in [5.74, 6) is -0.280. The van der Waals surface area contributed by atoms with Crippen molar-refractivity contribution < 1.29 is 19.4 Å². The molecule has 0 amide bonds. The fraction of sp³-hybridized carbons (Fsp3) is 0.462. The van der Waals surface area contributed by atoms with Gasteiger partial charge in [0, 0.05) is 6.04 Å². The fourth-order valence-corrected chi connectivity index (χ4v) is 2.31. The maximum absolute atomic E-state index is 11.3. The Balaban J connectivity index is 2.49. The van der Waals surface area contributed by atoms with Gasteiger partial charge in [0.25, 0.3) is 0 Å². The standard InChI is InChI=1S/C13H17NO4/c1-17-11-7-8(10-4-3-5-14-10)6-9(13(15)16)12(11)18-2/h6-7,10,14H,3-5H2,1-2H3,(H,15,16). The van der Waals surface area contributed by atoms with E-state index in [1.54, 1.807) is 6.07 Å². The number of ether oxygens (including phenoxy) is 2. The van der Waals surface area contributed by atoms with Crippen molar-refractivity contribution in [3.63, 3.8) is 0 Å². The molecule has 1 aromatic rings. The number of benzene rings is 1. The summed E-state index contributed by atoms with van der Waals surface area (Å²) < 4.78 is 10.3. The van der Waals surface area contributed by atoms with Crippen LogP contribution in [0.4, 0.5) is 0 Å². The van der Waals surface area contributed by atoms with E-state index in [0.717, 1.165) is 24.9 Å². The van der Waals surface area contributed by atoms with Crippen molar-refractivity contribution in [1.29, 1.82) is 0 Å². The van der Waals surface area contributed by atoms with Crippen molar-refractivity contribution in [2.45, 2.75) is 18.9 Å². The van der Waals surface area contributed by atoms with E-state index in [1.165, 1.54) is 14.2 Å². The number of hydrogen-bond acceptors (Lipinski definition) is 4. The molecule has 1 aromatic carbocycles. The van der Waals surface area contributed by atoms with Crippen LogP contribution < -0.4 is 14.8 Å². The van der Waals surface area contributed by atoms with Gasteiger partial charge in [-0.2, -0.15) is 0 Å². The second-order valence-electron chi connectivity index (χ2n) is 4.26. The average Bonchev–Trinajstić information content (AvgIpc) is 2.90. The zero-order valence-electron chi connectivity index (χ0n) is 10.5. The number of carboxylic acids is 1. The second kappa shape index (κ2) is 5.27. The predicted octanol–water partition coefficient (Wildman–Crippen LogP) is 1.83. The first kappa shape index (κ1) is 12.7. The summed E-state index contributed by atoms with van der Waals surface area (Å²) >= 11 is 0. The van der Waals surface area contributed by atoms with Crippen LogP contribution in [0.25, 0.3) is 0 Å². The smallest absolute Gasteiger partial charge is 0.339 e. The monoisotopic (exact) mass is 251 g/mol. The minimum absolute atomic E-state index is 0.139. The van der Waals surface area contributed by atoms with Crippen LogP contribution in [0.3, 0.4) is 0 Å². The third-order valence-electron chi connectivity index (χ3n) is 3.19. The van der Waals surface area contributed by atoms with E-state index in [1.807, 2.05) is 6.07 Å². The molecule has 0 saturated carbocycles. The Hall–Kier alpha value is -1.75. The third-order valence-corrected chi connectivity index (χ3v) is 3.19. The van der Waals surface area contributed by atoms with Gasteiger partial charge < -0.3 is 19.9 Å². The molecule has 18 heavy (non-hydrogen) atoms. The third kappa shape index (κ3) is 2.26. The summed E-state index contributed by atoms with van der Waals surface area (Å²) in [6.07, 6.45) is 2.11.